The van der Waals surface area contributed by atoms with Gasteiger partial charge in [0.15, 0.2) is 0 Å². The van der Waals surface area contributed by atoms with Crippen LogP contribution in [0.2, 0.25) is 0 Å². The Labute approximate surface area is 124 Å². The van der Waals surface area contributed by atoms with Gasteiger partial charge in [-0.1, -0.05) is 30.4 Å². The number of nitrogens with two attached hydrogens (primary N) is 1. The van der Waals surface area contributed by atoms with Crippen LogP contribution in [0.1, 0.15) is 24.0 Å². The largest absolute Gasteiger partial charge is 0.389 e. The molecule has 1 saturated carbocycles. The van der Waals surface area contributed by atoms with E-state index in [-0.39, 0.29) is 22.9 Å². The zero-order valence-corrected chi connectivity index (χ0v) is 12.8. The van der Waals surface area contributed by atoms with Crippen LogP contribution in [0.15, 0.2) is 24.3 Å². The number of rotatable bonds is 6. The zero-order valence-electron chi connectivity index (χ0n) is 11.2. The Morgan fingerprint density at radius 2 is 2.20 bits per heavy atom. The van der Waals surface area contributed by atoms with Crippen molar-refractivity contribution in [2.75, 3.05) is 7.11 Å². The van der Waals surface area contributed by atoms with Gasteiger partial charge in [0.1, 0.15) is 4.99 Å². The molecular weight excluding hydrogens is 296 g/mol. The third kappa shape index (κ3) is 3.99. The normalized spacial score (nSPS) is 22.2. The highest BCUT2D eigenvalue weighted by Crippen LogP contribution is 2.23. The Morgan fingerprint density at radius 3 is 2.80 bits per heavy atom. The van der Waals surface area contributed by atoms with Crippen molar-refractivity contribution in [2.45, 2.75) is 30.7 Å². The van der Waals surface area contributed by atoms with Gasteiger partial charge in [-0.3, -0.25) is 0 Å². The number of sulfonamides is 1. The standard InChI is InChI=1S/C13H18N2O3S2/c1-18-12-6-11(7-12)15-20(16,17)8-9-3-2-4-10(5-9)13(14)19/h2-5,11-12,15H,6-8H2,1H3,(H2,14,19). The molecule has 3 N–H and O–H groups in total. The van der Waals surface area contributed by atoms with E-state index in [1.165, 1.54) is 0 Å². The summed E-state index contributed by atoms with van der Waals surface area (Å²) in [4.78, 5) is 0.263. The van der Waals surface area contributed by atoms with Crippen LogP contribution >= 0.6 is 12.2 Å². The van der Waals surface area contributed by atoms with Crippen LogP contribution in [0.4, 0.5) is 0 Å². The first kappa shape index (κ1) is 15.4. The van der Waals surface area contributed by atoms with Gasteiger partial charge in [0.25, 0.3) is 0 Å². The van der Waals surface area contributed by atoms with Gasteiger partial charge in [0, 0.05) is 18.7 Å². The van der Waals surface area contributed by atoms with E-state index in [4.69, 9.17) is 22.7 Å². The van der Waals surface area contributed by atoms with Crippen LogP contribution in [0.5, 0.6) is 0 Å². The monoisotopic (exact) mass is 314 g/mol. The summed E-state index contributed by atoms with van der Waals surface area (Å²) in [6.45, 7) is 0. The van der Waals surface area contributed by atoms with E-state index in [1.807, 2.05) is 0 Å². The molecular formula is C13H18N2O3S2. The second kappa shape index (κ2) is 6.17. The van der Waals surface area contributed by atoms with Crippen molar-refractivity contribution in [1.29, 1.82) is 0 Å². The molecule has 0 aromatic heterocycles. The summed E-state index contributed by atoms with van der Waals surface area (Å²) in [5, 5.41) is 0. The molecule has 0 unspecified atom stereocenters. The fraction of sp³-hybridized carbons (Fsp3) is 0.462. The number of benzene rings is 1. The van der Waals surface area contributed by atoms with E-state index in [9.17, 15) is 8.42 Å². The van der Waals surface area contributed by atoms with Crippen molar-refractivity contribution in [1.82, 2.24) is 4.72 Å². The molecule has 7 heteroatoms. The van der Waals surface area contributed by atoms with Gasteiger partial charge in [-0.05, 0) is 24.5 Å². The average molecular weight is 314 g/mol. The number of ether oxygens (including phenoxy) is 1. The average Bonchev–Trinajstić information content (AvgIpc) is 2.33. The highest BCUT2D eigenvalue weighted by Gasteiger charge is 2.32. The van der Waals surface area contributed by atoms with Crippen molar-refractivity contribution in [3.8, 4) is 0 Å². The van der Waals surface area contributed by atoms with Crippen molar-refractivity contribution in [2.24, 2.45) is 5.73 Å². The lowest BCUT2D eigenvalue weighted by Gasteiger charge is -2.34. The Morgan fingerprint density at radius 1 is 1.50 bits per heavy atom. The van der Waals surface area contributed by atoms with Crippen LogP contribution in [-0.4, -0.2) is 32.7 Å². The van der Waals surface area contributed by atoms with Gasteiger partial charge in [0.05, 0.1) is 11.9 Å². The highest BCUT2D eigenvalue weighted by molar-refractivity contribution is 7.88. The molecule has 1 aromatic rings. The van der Waals surface area contributed by atoms with Crippen LogP contribution < -0.4 is 10.5 Å². The minimum absolute atomic E-state index is 0.0243. The molecule has 1 aliphatic carbocycles. The molecule has 20 heavy (non-hydrogen) atoms. The molecule has 0 bridgehead atoms. The number of thiocarbonyl (C=S) groups is 1. The Kier molecular flexibility index (Phi) is 4.74. The molecule has 2 rings (SSSR count). The lowest BCUT2D eigenvalue weighted by Crippen LogP contribution is -2.47. The number of nitrogens with one attached hydrogen (secondary N) is 1. The van der Waals surface area contributed by atoms with Crippen LogP contribution in [0.3, 0.4) is 0 Å². The quantitative estimate of drug-likeness (QED) is 0.763. The molecule has 0 radical (unpaired) electrons. The molecule has 5 nitrogen and oxygen atoms in total. The molecule has 0 heterocycles. The fourth-order valence-electron chi connectivity index (χ4n) is 2.18. The number of methoxy groups -OCH3 is 1. The summed E-state index contributed by atoms with van der Waals surface area (Å²) in [6.07, 6.45) is 1.62. The van der Waals surface area contributed by atoms with Crippen LogP contribution in [0, 0.1) is 0 Å². The Balaban J connectivity index is 1.98. The van der Waals surface area contributed by atoms with Crippen molar-refractivity contribution in [3.05, 3.63) is 35.4 Å². The summed E-state index contributed by atoms with van der Waals surface area (Å²) in [5.41, 5.74) is 6.89. The van der Waals surface area contributed by atoms with Crippen molar-refractivity contribution >= 4 is 27.2 Å². The lowest BCUT2D eigenvalue weighted by molar-refractivity contribution is 0.0236. The highest BCUT2D eigenvalue weighted by atomic mass is 32.2. The van der Waals surface area contributed by atoms with E-state index in [0.717, 1.165) is 12.8 Å². The molecule has 0 saturated heterocycles. The summed E-state index contributed by atoms with van der Waals surface area (Å²) in [5.74, 6) is -0.0718. The molecule has 0 amide bonds. The molecule has 1 aromatic carbocycles. The van der Waals surface area contributed by atoms with Gasteiger partial charge >= 0.3 is 0 Å². The first-order valence-corrected chi connectivity index (χ1v) is 8.37. The SMILES string of the molecule is COC1CC(NS(=O)(=O)Cc2cccc(C(N)=S)c2)C1. The summed E-state index contributed by atoms with van der Waals surface area (Å²) in [7, 11) is -1.72. The molecule has 0 aliphatic heterocycles. The van der Waals surface area contributed by atoms with Crippen LogP contribution in [-0.2, 0) is 20.5 Å². The smallest absolute Gasteiger partial charge is 0.216 e. The minimum atomic E-state index is -3.36. The fourth-order valence-corrected chi connectivity index (χ4v) is 3.71. The van der Waals surface area contributed by atoms with Gasteiger partial charge in [-0.25, -0.2) is 13.1 Å². The Hall–Kier alpha value is -1.02. The molecule has 1 aliphatic rings. The maximum absolute atomic E-state index is 12.1. The molecule has 1 fully saturated rings. The topological polar surface area (TPSA) is 81.4 Å². The van der Waals surface area contributed by atoms with E-state index < -0.39 is 10.0 Å². The summed E-state index contributed by atoms with van der Waals surface area (Å²) >= 11 is 4.89. The number of hydrogen-bond donors (Lipinski definition) is 2. The summed E-state index contributed by atoms with van der Waals surface area (Å²) in [6, 6.07) is 6.95. The first-order valence-electron chi connectivity index (χ1n) is 6.31. The predicted molar refractivity (Wildman–Crippen MR) is 81.9 cm³/mol. The third-order valence-corrected chi connectivity index (χ3v) is 4.98. The zero-order chi connectivity index (χ0) is 14.8. The first-order chi connectivity index (χ1) is 9.39. The molecule has 0 spiro atoms. The van der Waals surface area contributed by atoms with Gasteiger partial charge in [0.2, 0.25) is 10.0 Å². The molecule has 110 valence electrons. The van der Waals surface area contributed by atoms with E-state index >= 15 is 0 Å². The minimum Gasteiger partial charge on any atom is -0.389 e. The second-order valence-corrected chi connectivity index (χ2v) is 7.16. The van der Waals surface area contributed by atoms with Crippen molar-refractivity contribution < 1.29 is 13.2 Å². The summed E-state index contributed by atoms with van der Waals surface area (Å²) < 4.78 is 31.9. The van der Waals surface area contributed by atoms with Crippen molar-refractivity contribution in [3.63, 3.8) is 0 Å². The molecule has 0 atom stereocenters. The maximum Gasteiger partial charge on any atom is 0.216 e. The Bertz CT molecular complexity index is 595. The van der Waals surface area contributed by atoms with Gasteiger partial charge in [-0.15, -0.1) is 0 Å². The van der Waals surface area contributed by atoms with E-state index in [0.29, 0.717) is 11.1 Å². The van der Waals surface area contributed by atoms with E-state index in [1.54, 1.807) is 31.4 Å². The maximum atomic E-state index is 12.1. The predicted octanol–water partition coefficient (Wildman–Crippen LogP) is 0.918. The van der Waals surface area contributed by atoms with Gasteiger partial charge < -0.3 is 10.5 Å². The van der Waals surface area contributed by atoms with Gasteiger partial charge in [-0.2, -0.15) is 0 Å². The lowest BCUT2D eigenvalue weighted by atomic mass is 9.90. The van der Waals surface area contributed by atoms with E-state index in [2.05, 4.69) is 4.72 Å². The second-order valence-electron chi connectivity index (χ2n) is 4.97. The third-order valence-electron chi connectivity index (χ3n) is 3.34. The number of hydrogen-bond acceptors (Lipinski definition) is 4. The van der Waals surface area contributed by atoms with Crippen LogP contribution in [0.25, 0.3) is 0 Å².